The van der Waals surface area contributed by atoms with E-state index in [9.17, 15) is 13.2 Å². The van der Waals surface area contributed by atoms with Gasteiger partial charge in [-0.1, -0.05) is 13.8 Å². The Bertz CT molecular complexity index is 893. The number of hydrogen-bond donors (Lipinski definition) is 2. The second-order valence-corrected chi connectivity index (χ2v) is 8.02. The van der Waals surface area contributed by atoms with Crippen LogP contribution in [-0.4, -0.2) is 28.0 Å². The Labute approximate surface area is 159 Å². The number of ether oxygens (including phenoxy) is 2. The number of nitrogens with one attached hydrogen (secondary N) is 1. The van der Waals surface area contributed by atoms with Crippen molar-refractivity contribution in [3.05, 3.63) is 53.6 Å². The average molecular weight is 392 g/mol. The molecular formula is C19H24N2O5S. The number of hydrogen-bond acceptors (Lipinski definition) is 5. The van der Waals surface area contributed by atoms with E-state index in [1.165, 1.54) is 24.3 Å². The maximum Gasteiger partial charge on any atom is 0.255 e. The summed E-state index contributed by atoms with van der Waals surface area (Å²) in [4.78, 5) is 12.5. The first-order valence-corrected chi connectivity index (χ1v) is 9.94. The van der Waals surface area contributed by atoms with Gasteiger partial charge in [0, 0.05) is 23.4 Å². The summed E-state index contributed by atoms with van der Waals surface area (Å²) in [7, 11) is -2.21. The molecule has 2 aromatic carbocycles. The standard InChI is InChI=1S/C19H24N2O5S/c1-13(2)11-26-12-15-10-14(4-9-18(15)25-3)19(22)21-16-5-7-17(8-6-16)27(20,23)24/h4-10,13H,11-12H2,1-3H3,(H,21,22)(H2,20,23,24). The molecule has 0 saturated carbocycles. The van der Waals surface area contributed by atoms with Gasteiger partial charge in [-0.15, -0.1) is 0 Å². The molecule has 2 rings (SSSR count). The third-order valence-corrected chi connectivity index (χ3v) is 4.62. The fraction of sp³-hybridized carbons (Fsp3) is 0.316. The Morgan fingerprint density at radius 3 is 2.37 bits per heavy atom. The van der Waals surface area contributed by atoms with Crippen LogP contribution in [0.3, 0.4) is 0 Å². The highest BCUT2D eigenvalue weighted by molar-refractivity contribution is 7.89. The summed E-state index contributed by atoms with van der Waals surface area (Å²) in [5.74, 6) is 0.724. The van der Waals surface area contributed by atoms with Gasteiger partial charge in [-0.05, 0) is 48.4 Å². The Morgan fingerprint density at radius 1 is 1.15 bits per heavy atom. The lowest BCUT2D eigenvalue weighted by Gasteiger charge is -2.13. The maximum absolute atomic E-state index is 12.5. The number of nitrogens with two attached hydrogens (primary N) is 1. The van der Waals surface area contributed by atoms with Crippen molar-refractivity contribution in [2.24, 2.45) is 11.1 Å². The monoisotopic (exact) mass is 392 g/mol. The molecule has 0 spiro atoms. The van der Waals surface area contributed by atoms with Crippen molar-refractivity contribution in [2.45, 2.75) is 25.3 Å². The molecule has 3 N–H and O–H groups in total. The van der Waals surface area contributed by atoms with E-state index in [1.54, 1.807) is 25.3 Å². The first-order valence-electron chi connectivity index (χ1n) is 8.39. The van der Waals surface area contributed by atoms with Crippen LogP contribution >= 0.6 is 0 Å². The lowest BCUT2D eigenvalue weighted by Crippen LogP contribution is -2.14. The molecule has 0 heterocycles. The maximum atomic E-state index is 12.5. The zero-order chi connectivity index (χ0) is 20.0. The van der Waals surface area contributed by atoms with Crippen LogP contribution in [0, 0.1) is 5.92 Å². The Morgan fingerprint density at radius 2 is 1.81 bits per heavy atom. The number of carbonyl (C=O) groups excluding carboxylic acids is 1. The van der Waals surface area contributed by atoms with Gasteiger partial charge in [-0.2, -0.15) is 0 Å². The SMILES string of the molecule is COc1ccc(C(=O)Nc2ccc(S(N)(=O)=O)cc2)cc1COCC(C)C. The van der Waals surface area contributed by atoms with Crippen molar-refractivity contribution < 1.29 is 22.7 Å². The second kappa shape index (κ2) is 8.98. The second-order valence-electron chi connectivity index (χ2n) is 6.46. The molecule has 1 amide bonds. The van der Waals surface area contributed by atoms with E-state index < -0.39 is 10.0 Å². The molecular weight excluding hydrogens is 368 g/mol. The molecule has 2 aromatic rings. The van der Waals surface area contributed by atoms with E-state index in [2.05, 4.69) is 19.2 Å². The first-order chi connectivity index (χ1) is 12.7. The van der Waals surface area contributed by atoms with Gasteiger partial charge in [0.25, 0.3) is 5.91 Å². The van der Waals surface area contributed by atoms with Crippen molar-refractivity contribution >= 4 is 21.6 Å². The average Bonchev–Trinajstić information content (AvgIpc) is 2.61. The lowest BCUT2D eigenvalue weighted by molar-refractivity contribution is 0.0952. The van der Waals surface area contributed by atoms with Crippen LogP contribution in [0.15, 0.2) is 47.4 Å². The van der Waals surface area contributed by atoms with Gasteiger partial charge in [0.15, 0.2) is 0 Å². The first kappa shape index (κ1) is 20.9. The van der Waals surface area contributed by atoms with Crippen LogP contribution in [0.5, 0.6) is 5.75 Å². The third-order valence-electron chi connectivity index (χ3n) is 3.69. The minimum atomic E-state index is -3.77. The number of carbonyl (C=O) groups is 1. The van der Waals surface area contributed by atoms with Crippen molar-refractivity contribution in [1.82, 2.24) is 0 Å². The van der Waals surface area contributed by atoms with Gasteiger partial charge in [0.05, 0.1) is 18.6 Å². The Hall–Kier alpha value is -2.42. The largest absolute Gasteiger partial charge is 0.496 e. The Kier molecular flexibility index (Phi) is 6.95. The molecule has 0 atom stereocenters. The zero-order valence-corrected chi connectivity index (χ0v) is 16.4. The number of sulfonamides is 1. The van der Waals surface area contributed by atoms with E-state index in [1.807, 2.05) is 0 Å². The molecule has 0 aliphatic heterocycles. The molecule has 0 bridgehead atoms. The number of benzene rings is 2. The predicted molar refractivity (Wildman–Crippen MR) is 103 cm³/mol. The van der Waals surface area contributed by atoms with Crippen LogP contribution in [-0.2, 0) is 21.4 Å². The highest BCUT2D eigenvalue weighted by atomic mass is 32.2. The normalized spacial score (nSPS) is 11.4. The van der Waals surface area contributed by atoms with Crippen molar-refractivity contribution in [1.29, 1.82) is 0 Å². The van der Waals surface area contributed by atoms with Crippen LogP contribution < -0.4 is 15.2 Å². The lowest BCUT2D eigenvalue weighted by atomic mass is 10.1. The number of rotatable bonds is 8. The molecule has 27 heavy (non-hydrogen) atoms. The summed E-state index contributed by atoms with van der Waals surface area (Å²) in [5.41, 5.74) is 1.67. The molecule has 0 saturated heterocycles. The van der Waals surface area contributed by atoms with E-state index in [0.717, 1.165) is 5.56 Å². The number of primary sulfonamides is 1. The molecule has 8 heteroatoms. The molecule has 0 aliphatic carbocycles. The van der Waals surface area contributed by atoms with Gasteiger partial charge in [-0.3, -0.25) is 4.79 Å². The van der Waals surface area contributed by atoms with Crippen molar-refractivity contribution in [3.63, 3.8) is 0 Å². The van der Waals surface area contributed by atoms with Crippen molar-refractivity contribution in [2.75, 3.05) is 19.0 Å². The molecule has 0 fully saturated rings. The quantitative estimate of drug-likeness (QED) is 0.718. The van der Waals surface area contributed by atoms with E-state index >= 15 is 0 Å². The van der Waals surface area contributed by atoms with E-state index in [0.29, 0.717) is 36.1 Å². The fourth-order valence-corrected chi connectivity index (χ4v) is 2.88. The topological polar surface area (TPSA) is 108 Å². The smallest absolute Gasteiger partial charge is 0.255 e. The van der Waals surface area contributed by atoms with Crippen LogP contribution in [0.4, 0.5) is 5.69 Å². The van der Waals surface area contributed by atoms with Crippen molar-refractivity contribution in [3.8, 4) is 5.75 Å². The van der Waals surface area contributed by atoms with Gasteiger partial charge in [0.1, 0.15) is 5.75 Å². The fourth-order valence-electron chi connectivity index (χ4n) is 2.37. The van der Waals surface area contributed by atoms with Crippen LogP contribution in [0.25, 0.3) is 0 Å². The molecule has 146 valence electrons. The predicted octanol–water partition coefficient (Wildman–Crippen LogP) is 2.77. The molecule has 0 aromatic heterocycles. The number of amides is 1. The summed E-state index contributed by atoms with van der Waals surface area (Å²) in [5, 5.41) is 7.78. The highest BCUT2D eigenvalue weighted by Gasteiger charge is 2.12. The van der Waals surface area contributed by atoms with E-state index in [-0.39, 0.29) is 10.8 Å². The zero-order valence-electron chi connectivity index (χ0n) is 15.6. The number of anilines is 1. The Balaban J connectivity index is 2.13. The third kappa shape index (κ3) is 6.06. The summed E-state index contributed by atoms with van der Waals surface area (Å²) in [6.45, 7) is 5.06. The van der Waals surface area contributed by atoms with Gasteiger partial charge >= 0.3 is 0 Å². The minimum absolute atomic E-state index is 0.0190. The summed E-state index contributed by atoms with van der Waals surface area (Å²) >= 11 is 0. The number of methoxy groups -OCH3 is 1. The van der Waals surface area contributed by atoms with E-state index in [4.69, 9.17) is 14.6 Å². The van der Waals surface area contributed by atoms with Crippen LogP contribution in [0.1, 0.15) is 29.8 Å². The molecule has 7 nitrogen and oxygen atoms in total. The van der Waals surface area contributed by atoms with Gasteiger partial charge in [-0.25, -0.2) is 13.6 Å². The molecule has 0 radical (unpaired) electrons. The van der Waals surface area contributed by atoms with Crippen LogP contribution in [0.2, 0.25) is 0 Å². The minimum Gasteiger partial charge on any atom is -0.496 e. The molecule has 0 aliphatic rings. The van der Waals surface area contributed by atoms with Gasteiger partial charge in [0.2, 0.25) is 10.0 Å². The van der Waals surface area contributed by atoms with Gasteiger partial charge < -0.3 is 14.8 Å². The summed E-state index contributed by atoms with van der Waals surface area (Å²) in [6.07, 6.45) is 0. The summed E-state index contributed by atoms with van der Waals surface area (Å²) < 4.78 is 33.5. The summed E-state index contributed by atoms with van der Waals surface area (Å²) in [6, 6.07) is 10.7. The highest BCUT2D eigenvalue weighted by Crippen LogP contribution is 2.22. The molecule has 0 unspecified atom stereocenters.